The van der Waals surface area contributed by atoms with Gasteiger partial charge >= 0.3 is 5.97 Å². The van der Waals surface area contributed by atoms with Gasteiger partial charge in [-0.05, 0) is 50.1 Å². The zero-order chi connectivity index (χ0) is 23.3. The molecule has 6 nitrogen and oxygen atoms in total. The van der Waals surface area contributed by atoms with Crippen LogP contribution in [0, 0.1) is 6.92 Å². The van der Waals surface area contributed by atoms with Crippen molar-refractivity contribution in [2.75, 3.05) is 19.7 Å². The van der Waals surface area contributed by atoms with Crippen molar-refractivity contribution in [1.29, 1.82) is 0 Å². The van der Waals surface area contributed by atoms with Crippen molar-refractivity contribution in [3.63, 3.8) is 0 Å². The predicted octanol–water partition coefficient (Wildman–Crippen LogP) is 5.17. The third-order valence-electron chi connectivity index (χ3n) is 5.65. The van der Waals surface area contributed by atoms with Gasteiger partial charge < -0.3 is 14.5 Å². The number of nitrogens with zero attached hydrogens (tertiary/aromatic N) is 3. The van der Waals surface area contributed by atoms with E-state index in [2.05, 4.69) is 18.7 Å². The third kappa shape index (κ3) is 4.93. The highest BCUT2D eigenvalue weighted by Crippen LogP contribution is 2.45. The molecular weight excluding hydrogens is 422 g/mol. The molecule has 0 aromatic heterocycles. The van der Waals surface area contributed by atoms with Crippen molar-refractivity contribution in [3.8, 4) is 0 Å². The second-order valence-electron chi connectivity index (χ2n) is 8.03. The van der Waals surface area contributed by atoms with Gasteiger partial charge in [0.25, 0.3) is 0 Å². The van der Waals surface area contributed by atoms with Crippen molar-refractivity contribution in [2.24, 2.45) is 4.99 Å². The van der Waals surface area contributed by atoms with Crippen LogP contribution in [-0.4, -0.2) is 46.5 Å². The van der Waals surface area contributed by atoms with E-state index in [-0.39, 0.29) is 24.3 Å². The number of amidine groups is 1. The predicted molar refractivity (Wildman–Crippen MR) is 130 cm³/mol. The summed E-state index contributed by atoms with van der Waals surface area (Å²) in [5.41, 5.74) is 4.16. The minimum Gasteiger partial charge on any atom is -0.463 e. The fourth-order valence-corrected chi connectivity index (χ4v) is 5.16. The maximum Gasteiger partial charge on any atom is 0.338 e. The minimum atomic E-state index is -0.373. The van der Waals surface area contributed by atoms with Crippen molar-refractivity contribution in [2.45, 2.75) is 59.9 Å². The van der Waals surface area contributed by atoms with Crippen molar-refractivity contribution < 1.29 is 14.3 Å². The lowest BCUT2D eigenvalue weighted by molar-refractivity contribution is -0.139. The van der Waals surface area contributed by atoms with Crippen molar-refractivity contribution >= 4 is 28.8 Å². The van der Waals surface area contributed by atoms with Gasteiger partial charge in [0.15, 0.2) is 5.17 Å². The summed E-state index contributed by atoms with van der Waals surface area (Å²) >= 11 is 1.51. The van der Waals surface area contributed by atoms with Crippen LogP contribution in [0.3, 0.4) is 0 Å². The average molecular weight is 456 g/mol. The zero-order valence-electron chi connectivity index (χ0n) is 19.7. The fourth-order valence-electron chi connectivity index (χ4n) is 4.20. The van der Waals surface area contributed by atoms with Crippen LogP contribution in [0.25, 0.3) is 0 Å². The van der Waals surface area contributed by atoms with Gasteiger partial charge in [-0.2, -0.15) is 0 Å². The van der Waals surface area contributed by atoms with Crippen LogP contribution >= 0.6 is 11.8 Å². The molecule has 2 aliphatic rings. The molecule has 32 heavy (non-hydrogen) atoms. The van der Waals surface area contributed by atoms with E-state index in [1.165, 1.54) is 11.8 Å². The highest BCUT2D eigenvalue weighted by molar-refractivity contribution is 8.16. The number of fused-ring (bicyclic) bond motifs is 1. The molecule has 1 aromatic rings. The number of carbonyl (C=O) groups excluding carboxylic acids is 2. The van der Waals surface area contributed by atoms with Crippen LogP contribution in [0.2, 0.25) is 0 Å². The highest BCUT2D eigenvalue weighted by Gasteiger charge is 2.41. The van der Waals surface area contributed by atoms with E-state index >= 15 is 0 Å². The number of rotatable bonds is 9. The molecule has 0 aliphatic carbocycles. The standard InChI is InChI=1S/C25H33N3O3S/c1-6-13-27(14-7-2)21(29)15-19-16-32-25-26-18(5)22(24(30)31-8-3)23(28(19)25)20-12-10-9-11-17(20)4/h9-12,16,23H,6-8,13-15H2,1-5H3. The number of thioether (sulfide) groups is 1. The zero-order valence-corrected chi connectivity index (χ0v) is 20.5. The molecule has 2 heterocycles. The van der Waals surface area contributed by atoms with E-state index in [1.54, 1.807) is 6.92 Å². The summed E-state index contributed by atoms with van der Waals surface area (Å²) in [6.07, 6.45) is 2.14. The Morgan fingerprint density at radius 1 is 1.12 bits per heavy atom. The number of aryl methyl sites for hydroxylation is 1. The Morgan fingerprint density at radius 2 is 1.81 bits per heavy atom. The molecule has 0 bridgehead atoms. The van der Waals surface area contributed by atoms with E-state index in [0.29, 0.717) is 17.9 Å². The lowest BCUT2D eigenvalue weighted by atomic mass is 9.91. The van der Waals surface area contributed by atoms with Gasteiger partial charge in [-0.3, -0.25) is 4.79 Å². The first kappa shape index (κ1) is 24.1. The number of hydrogen-bond acceptors (Lipinski definition) is 6. The lowest BCUT2D eigenvalue weighted by Crippen LogP contribution is -2.39. The van der Waals surface area contributed by atoms with Crippen LogP contribution in [0.5, 0.6) is 0 Å². The van der Waals surface area contributed by atoms with Gasteiger partial charge in [-0.15, -0.1) is 0 Å². The lowest BCUT2D eigenvalue weighted by Gasteiger charge is -2.37. The quantitative estimate of drug-likeness (QED) is 0.481. The molecule has 1 amide bonds. The first-order valence-corrected chi connectivity index (χ1v) is 12.3. The molecule has 0 saturated carbocycles. The van der Waals surface area contributed by atoms with Gasteiger partial charge in [-0.1, -0.05) is 49.9 Å². The third-order valence-corrected chi connectivity index (χ3v) is 6.54. The SMILES string of the molecule is CCCN(CCC)C(=O)CC1=CSC2=NC(C)=C(C(=O)OCC)C(c3ccccc3C)N12. The molecule has 0 N–H and O–H groups in total. The number of benzene rings is 1. The minimum absolute atomic E-state index is 0.106. The Morgan fingerprint density at radius 3 is 2.44 bits per heavy atom. The van der Waals surface area contributed by atoms with Gasteiger partial charge in [0.05, 0.1) is 30.3 Å². The van der Waals surface area contributed by atoms with Gasteiger partial charge in [0.2, 0.25) is 5.91 Å². The number of allylic oxidation sites excluding steroid dienone is 1. The van der Waals surface area contributed by atoms with Crippen molar-refractivity contribution in [1.82, 2.24) is 9.80 Å². The fraction of sp³-hybridized carbons (Fsp3) is 0.480. The summed E-state index contributed by atoms with van der Waals surface area (Å²) in [5.74, 6) is -0.253. The molecule has 3 rings (SSSR count). The summed E-state index contributed by atoms with van der Waals surface area (Å²) in [4.78, 5) is 34.9. The number of aliphatic imine (C=N–C) groups is 1. The number of hydrogen-bond donors (Lipinski definition) is 0. The van der Waals surface area contributed by atoms with Gasteiger partial charge in [-0.25, -0.2) is 9.79 Å². The molecule has 1 aromatic carbocycles. The highest BCUT2D eigenvalue weighted by atomic mass is 32.2. The Balaban J connectivity index is 2.01. The molecule has 2 aliphatic heterocycles. The van der Waals surface area contributed by atoms with Crippen LogP contribution in [0.4, 0.5) is 0 Å². The van der Waals surface area contributed by atoms with Crippen LogP contribution in [0.1, 0.15) is 64.1 Å². The Labute approximate surface area is 195 Å². The number of carbonyl (C=O) groups is 2. The molecule has 0 fully saturated rings. The second kappa shape index (κ2) is 10.9. The smallest absolute Gasteiger partial charge is 0.338 e. The Bertz CT molecular complexity index is 961. The first-order chi connectivity index (χ1) is 15.4. The molecule has 1 unspecified atom stereocenters. The number of amides is 1. The Kier molecular flexibility index (Phi) is 8.18. The molecule has 0 radical (unpaired) electrons. The number of esters is 1. The van der Waals surface area contributed by atoms with Crippen LogP contribution < -0.4 is 0 Å². The summed E-state index contributed by atoms with van der Waals surface area (Å²) in [6, 6.07) is 7.68. The molecular formula is C25H33N3O3S. The largest absolute Gasteiger partial charge is 0.463 e. The van der Waals surface area contributed by atoms with E-state index in [4.69, 9.17) is 9.73 Å². The molecule has 172 valence electrons. The molecule has 0 spiro atoms. The summed E-state index contributed by atoms with van der Waals surface area (Å²) in [5, 5.41) is 2.79. The van der Waals surface area contributed by atoms with Crippen LogP contribution in [-0.2, 0) is 14.3 Å². The summed E-state index contributed by atoms with van der Waals surface area (Å²) in [6.45, 7) is 11.7. The molecule has 7 heteroatoms. The average Bonchev–Trinajstić information content (AvgIpc) is 3.15. The second-order valence-corrected chi connectivity index (χ2v) is 8.86. The maximum absolute atomic E-state index is 13.2. The Hall–Kier alpha value is -2.54. The first-order valence-electron chi connectivity index (χ1n) is 11.4. The van der Waals surface area contributed by atoms with E-state index in [1.807, 2.05) is 48.4 Å². The summed E-state index contributed by atoms with van der Waals surface area (Å²) < 4.78 is 5.42. The van der Waals surface area contributed by atoms with Crippen LogP contribution in [0.15, 0.2) is 51.6 Å². The summed E-state index contributed by atoms with van der Waals surface area (Å²) in [7, 11) is 0. The normalized spacial score (nSPS) is 17.7. The van der Waals surface area contributed by atoms with E-state index in [9.17, 15) is 9.59 Å². The monoisotopic (exact) mass is 455 g/mol. The van der Waals surface area contributed by atoms with Gasteiger partial charge in [0.1, 0.15) is 0 Å². The van der Waals surface area contributed by atoms with E-state index in [0.717, 1.165) is 47.9 Å². The topological polar surface area (TPSA) is 62.2 Å². The van der Waals surface area contributed by atoms with Gasteiger partial charge in [0, 0.05) is 18.8 Å². The van der Waals surface area contributed by atoms with Crippen molar-refractivity contribution in [3.05, 3.63) is 57.8 Å². The molecule has 1 atom stereocenters. The number of ether oxygens (including phenoxy) is 1. The van der Waals surface area contributed by atoms with E-state index < -0.39 is 0 Å². The molecule has 0 saturated heterocycles. The maximum atomic E-state index is 13.2.